The summed E-state index contributed by atoms with van der Waals surface area (Å²) in [7, 11) is 0. The Morgan fingerprint density at radius 2 is 1.96 bits per heavy atom. The van der Waals surface area contributed by atoms with E-state index in [0.29, 0.717) is 11.3 Å². The topological polar surface area (TPSA) is 54.6 Å². The summed E-state index contributed by atoms with van der Waals surface area (Å²) >= 11 is 0. The molecule has 1 aromatic heterocycles. The van der Waals surface area contributed by atoms with Gasteiger partial charge in [0.15, 0.2) is 11.5 Å². The van der Waals surface area contributed by atoms with Crippen LogP contribution in [0.4, 0.5) is 13.2 Å². The number of halogens is 3. The minimum absolute atomic E-state index is 0.0503. The zero-order valence-corrected chi connectivity index (χ0v) is 14.1. The number of furan rings is 1. The van der Waals surface area contributed by atoms with Crippen molar-refractivity contribution in [1.82, 2.24) is 5.43 Å². The summed E-state index contributed by atoms with van der Waals surface area (Å²) in [6.07, 6.45) is -0.333. The molecule has 0 spiro atoms. The zero-order valence-electron chi connectivity index (χ0n) is 14.1. The van der Waals surface area contributed by atoms with Crippen molar-refractivity contribution in [2.45, 2.75) is 32.4 Å². The fourth-order valence-electron chi connectivity index (χ4n) is 1.92. The number of nitrogens with zero attached hydrogens (tertiary/aromatic N) is 1. The summed E-state index contributed by atoms with van der Waals surface area (Å²) in [6.45, 7) is 2.07. The number of benzene rings is 1. The van der Waals surface area contributed by atoms with Crippen molar-refractivity contribution in [1.29, 1.82) is 0 Å². The number of carbonyl (C=O) groups is 1. The van der Waals surface area contributed by atoms with Crippen molar-refractivity contribution in [3.05, 3.63) is 59.0 Å². The number of hydrogen-bond donors (Lipinski definition) is 1. The van der Waals surface area contributed by atoms with Gasteiger partial charge in [-0.05, 0) is 42.2 Å². The molecule has 0 aliphatic heterocycles. The number of rotatable bonds is 5. The third-order valence-electron chi connectivity index (χ3n) is 3.31. The predicted molar refractivity (Wildman–Crippen MR) is 91.6 cm³/mol. The van der Waals surface area contributed by atoms with Crippen molar-refractivity contribution in [2.24, 2.45) is 5.10 Å². The Kier molecular flexibility index (Phi) is 6.61. The maximum Gasteiger partial charge on any atom is 0.416 e. The highest BCUT2D eigenvalue weighted by Crippen LogP contribution is 2.28. The Labute approximate surface area is 149 Å². The van der Waals surface area contributed by atoms with Gasteiger partial charge < -0.3 is 4.42 Å². The van der Waals surface area contributed by atoms with Crippen molar-refractivity contribution >= 4 is 12.1 Å². The first-order valence-electron chi connectivity index (χ1n) is 7.99. The van der Waals surface area contributed by atoms with Crippen LogP contribution < -0.4 is 5.43 Å². The van der Waals surface area contributed by atoms with Crippen LogP contribution in [0.25, 0.3) is 0 Å². The Morgan fingerprint density at radius 1 is 1.23 bits per heavy atom. The Bertz CT molecular complexity index is 825. The SMILES string of the molecule is CCCCC#Cc1ccc(C(=O)N/N=C/c2ccc(C(F)(F)F)cc2)o1. The molecule has 1 heterocycles. The number of nitrogens with one attached hydrogen (secondary N) is 1. The van der Waals surface area contributed by atoms with Gasteiger partial charge in [0.25, 0.3) is 0 Å². The monoisotopic (exact) mass is 362 g/mol. The van der Waals surface area contributed by atoms with Gasteiger partial charge in [0.1, 0.15) is 0 Å². The van der Waals surface area contributed by atoms with Crippen molar-refractivity contribution in [3.63, 3.8) is 0 Å². The number of unbranched alkanes of at least 4 members (excludes halogenated alkanes) is 2. The number of carbonyl (C=O) groups excluding carboxylic acids is 1. The van der Waals surface area contributed by atoms with E-state index in [1.807, 2.05) is 0 Å². The molecule has 0 saturated carbocycles. The van der Waals surface area contributed by atoms with E-state index in [2.05, 4.69) is 29.3 Å². The van der Waals surface area contributed by atoms with E-state index in [1.165, 1.54) is 24.4 Å². The lowest BCUT2D eigenvalue weighted by atomic mass is 10.1. The zero-order chi connectivity index (χ0) is 19.0. The molecule has 0 radical (unpaired) electrons. The lowest BCUT2D eigenvalue weighted by Gasteiger charge is -2.05. The molecule has 136 valence electrons. The van der Waals surface area contributed by atoms with Gasteiger partial charge >= 0.3 is 12.1 Å². The summed E-state index contributed by atoms with van der Waals surface area (Å²) in [4.78, 5) is 11.9. The molecule has 0 bridgehead atoms. The van der Waals surface area contributed by atoms with Crippen molar-refractivity contribution < 1.29 is 22.4 Å². The van der Waals surface area contributed by atoms with Crippen LogP contribution in [0.3, 0.4) is 0 Å². The van der Waals surface area contributed by atoms with Crippen LogP contribution >= 0.6 is 0 Å². The molecule has 2 rings (SSSR count). The molecule has 1 N–H and O–H groups in total. The Balaban J connectivity index is 1.91. The van der Waals surface area contributed by atoms with E-state index in [-0.39, 0.29) is 5.76 Å². The third kappa shape index (κ3) is 5.81. The molecule has 0 aliphatic carbocycles. The first kappa shape index (κ1) is 19.3. The average molecular weight is 362 g/mol. The Hall–Kier alpha value is -3.01. The van der Waals surface area contributed by atoms with Gasteiger partial charge in [0, 0.05) is 6.42 Å². The van der Waals surface area contributed by atoms with Crippen LogP contribution in [0.2, 0.25) is 0 Å². The molecule has 0 saturated heterocycles. The van der Waals surface area contributed by atoms with Gasteiger partial charge in [0.2, 0.25) is 0 Å². The van der Waals surface area contributed by atoms with Gasteiger partial charge in [-0.2, -0.15) is 18.3 Å². The average Bonchev–Trinajstić information content (AvgIpc) is 3.07. The molecule has 0 atom stereocenters. The fraction of sp³-hybridized carbons (Fsp3) is 0.263. The molecular formula is C19H17F3N2O2. The standard InChI is InChI=1S/C19H17F3N2O2/c1-2-3-4-5-6-16-11-12-17(26-16)18(25)24-23-13-14-7-9-15(10-8-14)19(20,21)22/h7-13H,2-4H2,1H3,(H,24,25)/b23-13+. The second-order valence-electron chi connectivity index (χ2n) is 5.39. The maximum atomic E-state index is 12.5. The quantitative estimate of drug-likeness (QED) is 0.366. The van der Waals surface area contributed by atoms with Gasteiger partial charge in [-0.1, -0.05) is 31.4 Å². The molecule has 1 aromatic carbocycles. The van der Waals surface area contributed by atoms with Gasteiger partial charge in [-0.25, -0.2) is 5.43 Å². The first-order chi connectivity index (χ1) is 12.4. The van der Waals surface area contributed by atoms with Gasteiger partial charge in [-0.3, -0.25) is 4.79 Å². The second-order valence-corrected chi connectivity index (χ2v) is 5.39. The summed E-state index contributed by atoms with van der Waals surface area (Å²) in [5, 5.41) is 3.70. The van der Waals surface area contributed by atoms with Crippen molar-refractivity contribution in [2.75, 3.05) is 0 Å². The molecule has 26 heavy (non-hydrogen) atoms. The van der Waals surface area contributed by atoms with E-state index < -0.39 is 17.6 Å². The van der Waals surface area contributed by atoms with Crippen LogP contribution in [0.1, 0.15) is 53.6 Å². The largest absolute Gasteiger partial charge is 0.443 e. The van der Waals surface area contributed by atoms with Crippen LogP contribution in [-0.4, -0.2) is 12.1 Å². The van der Waals surface area contributed by atoms with E-state index in [4.69, 9.17) is 4.42 Å². The second kappa shape index (κ2) is 8.90. The predicted octanol–water partition coefficient (Wildman–Crippen LogP) is 4.60. The highest BCUT2D eigenvalue weighted by atomic mass is 19.4. The summed E-state index contributed by atoms with van der Waals surface area (Å²) in [6, 6.07) is 7.48. The maximum absolute atomic E-state index is 12.5. The number of hydrogen-bond acceptors (Lipinski definition) is 3. The van der Waals surface area contributed by atoms with Gasteiger partial charge in [-0.15, -0.1) is 0 Å². The van der Waals surface area contributed by atoms with E-state index >= 15 is 0 Å². The molecular weight excluding hydrogens is 345 g/mol. The highest BCUT2D eigenvalue weighted by molar-refractivity contribution is 5.92. The first-order valence-corrected chi connectivity index (χ1v) is 7.99. The van der Waals surface area contributed by atoms with Crippen LogP contribution in [0.5, 0.6) is 0 Å². The van der Waals surface area contributed by atoms with Gasteiger partial charge in [0.05, 0.1) is 11.8 Å². The molecule has 0 aliphatic rings. The molecule has 2 aromatic rings. The van der Waals surface area contributed by atoms with Crippen molar-refractivity contribution in [3.8, 4) is 11.8 Å². The fourth-order valence-corrected chi connectivity index (χ4v) is 1.92. The molecule has 7 heteroatoms. The number of hydrazone groups is 1. The summed E-state index contributed by atoms with van der Waals surface area (Å²) < 4.78 is 42.7. The number of alkyl halides is 3. The Morgan fingerprint density at radius 3 is 2.62 bits per heavy atom. The minimum atomic E-state index is -4.39. The molecule has 1 amide bonds. The normalized spacial score (nSPS) is 11.2. The summed E-state index contributed by atoms with van der Waals surface area (Å²) in [5.41, 5.74) is 1.92. The molecule has 0 unspecified atom stereocenters. The lowest BCUT2D eigenvalue weighted by molar-refractivity contribution is -0.137. The molecule has 4 nitrogen and oxygen atoms in total. The smallest absolute Gasteiger partial charge is 0.416 e. The minimum Gasteiger partial charge on any atom is -0.443 e. The van der Waals surface area contributed by atoms with Crippen LogP contribution in [0, 0.1) is 11.8 Å². The number of amides is 1. The van der Waals surface area contributed by atoms with E-state index in [1.54, 1.807) is 6.07 Å². The highest BCUT2D eigenvalue weighted by Gasteiger charge is 2.29. The van der Waals surface area contributed by atoms with E-state index in [0.717, 1.165) is 31.4 Å². The summed E-state index contributed by atoms with van der Waals surface area (Å²) in [5.74, 6) is 5.64. The lowest BCUT2D eigenvalue weighted by Crippen LogP contribution is -2.16. The van der Waals surface area contributed by atoms with Crippen LogP contribution in [-0.2, 0) is 6.18 Å². The third-order valence-corrected chi connectivity index (χ3v) is 3.31. The van der Waals surface area contributed by atoms with Crippen LogP contribution in [0.15, 0.2) is 45.9 Å². The van der Waals surface area contributed by atoms with E-state index in [9.17, 15) is 18.0 Å². The molecule has 0 fully saturated rings.